The number of hydrogen-bond acceptors (Lipinski definition) is 3. The Kier molecular flexibility index (Phi) is 9.58. The molecule has 1 aliphatic rings. The Bertz CT molecular complexity index is 1390. The average Bonchev–Trinajstić information content (AvgIpc) is 2.90. The molecule has 0 spiro atoms. The van der Waals surface area contributed by atoms with Crippen LogP contribution in [0.4, 0.5) is 0 Å². The highest BCUT2D eigenvalue weighted by molar-refractivity contribution is 6.42. The van der Waals surface area contributed by atoms with Gasteiger partial charge in [-0.2, -0.15) is 0 Å². The van der Waals surface area contributed by atoms with Gasteiger partial charge in [0, 0.05) is 24.2 Å². The van der Waals surface area contributed by atoms with Gasteiger partial charge in [0.25, 0.3) is 0 Å². The summed E-state index contributed by atoms with van der Waals surface area (Å²) < 4.78 is 0. The summed E-state index contributed by atoms with van der Waals surface area (Å²) in [5.74, 6) is 0.00579. The van der Waals surface area contributed by atoms with Crippen LogP contribution in [-0.2, 0) is 16.0 Å². The van der Waals surface area contributed by atoms with Gasteiger partial charge in [0.05, 0.1) is 26.1 Å². The summed E-state index contributed by atoms with van der Waals surface area (Å²) in [6.45, 7) is 4.51. The van der Waals surface area contributed by atoms with E-state index in [0.29, 0.717) is 54.7 Å². The van der Waals surface area contributed by atoms with E-state index >= 15 is 0 Å². The van der Waals surface area contributed by atoms with Gasteiger partial charge < -0.3 is 10.6 Å². The van der Waals surface area contributed by atoms with Crippen molar-refractivity contribution in [1.82, 2.24) is 4.90 Å². The van der Waals surface area contributed by atoms with Crippen LogP contribution in [0, 0.1) is 0 Å². The van der Waals surface area contributed by atoms with E-state index in [1.54, 1.807) is 53.5 Å². The minimum Gasteiger partial charge on any atom is -0.332 e. The van der Waals surface area contributed by atoms with E-state index in [1.807, 2.05) is 12.1 Å². The summed E-state index contributed by atoms with van der Waals surface area (Å²) in [5.41, 5.74) is 10.9. The molecule has 1 amide bonds. The number of nitrogens with two attached hydrogens (primary N) is 1. The van der Waals surface area contributed by atoms with Crippen molar-refractivity contribution in [1.29, 1.82) is 0 Å². The van der Waals surface area contributed by atoms with Gasteiger partial charge in [-0.3, -0.25) is 9.59 Å². The number of hydrogen-bond donors (Lipinski definition) is 1. The van der Waals surface area contributed by atoms with E-state index in [0.717, 1.165) is 5.56 Å². The molecule has 4 nitrogen and oxygen atoms in total. The number of benzene rings is 3. The number of ketones is 1. The summed E-state index contributed by atoms with van der Waals surface area (Å²) in [4.78, 5) is 28.7. The van der Waals surface area contributed by atoms with E-state index in [-0.39, 0.29) is 24.8 Å². The maximum absolute atomic E-state index is 13.5. The van der Waals surface area contributed by atoms with Crippen molar-refractivity contribution in [2.75, 3.05) is 13.1 Å². The molecule has 4 rings (SSSR count). The van der Waals surface area contributed by atoms with Gasteiger partial charge in [0.15, 0.2) is 5.78 Å². The molecule has 0 aliphatic carbocycles. The first-order valence-corrected chi connectivity index (χ1v) is 14.0. The zero-order chi connectivity index (χ0) is 28.3. The van der Waals surface area contributed by atoms with Crippen molar-refractivity contribution in [2.45, 2.75) is 32.2 Å². The lowest BCUT2D eigenvalue weighted by atomic mass is 9.93. The standard InChI is InChI=1S/C31H28Cl4N2O2/c1-18(2)22-7-3-19(4-8-22)15-29(36)31(39)37-16-23(11-20-5-9-25(32)27(34)13-20)30(38)24(17-37)12-21-6-10-26(33)28(35)14-21/h3-14,18,29H,15-17,36H2,1-2H3/b23-11+,24-12+/t29-/m1/s1. The molecule has 3 aromatic carbocycles. The van der Waals surface area contributed by atoms with Crippen molar-refractivity contribution in [3.8, 4) is 0 Å². The number of carbonyl (C=O) groups excluding carboxylic acids is 2. The maximum atomic E-state index is 13.5. The van der Waals surface area contributed by atoms with Gasteiger partial charge in [0.2, 0.25) is 5.91 Å². The molecule has 3 aromatic rings. The molecular weight excluding hydrogens is 574 g/mol. The summed E-state index contributed by atoms with van der Waals surface area (Å²) in [5, 5.41) is 1.58. The van der Waals surface area contributed by atoms with Crippen LogP contribution in [0.25, 0.3) is 12.2 Å². The van der Waals surface area contributed by atoms with E-state index in [4.69, 9.17) is 52.1 Å². The molecule has 0 saturated carbocycles. The smallest absolute Gasteiger partial charge is 0.240 e. The van der Waals surface area contributed by atoms with Gasteiger partial charge in [-0.05, 0) is 71.0 Å². The van der Waals surface area contributed by atoms with Crippen LogP contribution >= 0.6 is 46.4 Å². The Morgan fingerprint density at radius 1 is 0.821 bits per heavy atom. The van der Waals surface area contributed by atoms with Crippen molar-refractivity contribution >= 4 is 70.2 Å². The molecule has 1 fully saturated rings. The fourth-order valence-corrected chi connectivity index (χ4v) is 5.03. The molecule has 0 aromatic heterocycles. The molecular formula is C31H28Cl4N2O2. The normalized spacial score (nSPS) is 16.8. The Morgan fingerprint density at radius 2 is 1.31 bits per heavy atom. The number of nitrogens with zero attached hydrogens (tertiary/aromatic N) is 1. The first-order valence-electron chi connectivity index (χ1n) is 12.5. The molecule has 0 radical (unpaired) electrons. The third kappa shape index (κ3) is 7.33. The summed E-state index contributed by atoms with van der Waals surface area (Å²) in [7, 11) is 0. The highest BCUT2D eigenvalue weighted by atomic mass is 35.5. The lowest BCUT2D eigenvalue weighted by Crippen LogP contribution is -2.49. The largest absolute Gasteiger partial charge is 0.332 e. The monoisotopic (exact) mass is 600 g/mol. The molecule has 1 aliphatic heterocycles. The first kappa shape index (κ1) is 29.4. The summed E-state index contributed by atoms with van der Waals surface area (Å²) >= 11 is 24.5. The topological polar surface area (TPSA) is 63.4 Å². The van der Waals surface area contributed by atoms with Crippen LogP contribution in [0.15, 0.2) is 71.8 Å². The van der Waals surface area contributed by atoms with Gasteiger partial charge in [-0.15, -0.1) is 0 Å². The molecule has 202 valence electrons. The van der Waals surface area contributed by atoms with Crippen LogP contribution in [0.3, 0.4) is 0 Å². The summed E-state index contributed by atoms with van der Waals surface area (Å²) in [6, 6.07) is 17.6. The van der Waals surface area contributed by atoms with Gasteiger partial charge in [0.1, 0.15) is 0 Å². The molecule has 2 N–H and O–H groups in total. The lowest BCUT2D eigenvalue weighted by molar-refractivity contribution is -0.132. The third-order valence-electron chi connectivity index (χ3n) is 6.61. The minimum atomic E-state index is -0.763. The average molecular weight is 602 g/mol. The van der Waals surface area contributed by atoms with Crippen LogP contribution in [0.1, 0.15) is 42.0 Å². The second-order valence-corrected chi connectivity index (χ2v) is 11.5. The highest BCUT2D eigenvalue weighted by Gasteiger charge is 2.31. The van der Waals surface area contributed by atoms with Crippen molar-refractivity contribution < 1.29 is 9.59 Å². The van der Waals surface area contributed by atoms with Crippen molar-refractivity contribution in [3.05, 3.63) is 114 Å². The van der Waals surface area contributed by atoms with E-state index in [9.17, 15) is 9.59 Å². The molecule has 1 saturated heterocycles. The second-order valence-electron chi connectivity index (χ2n) is 9.92. The maximum Gasteiger partial charge on any atom is 0.240 e. The number of rotatable bonds is 6. The second kappa shape index (κ2) is 12.7. The Balaban J connectivity index is 1.64. The zero-order valence-corrected chi connectivity index (χ0v) is 24.6. The summed E-state index contributed by atoms with van der Waals surface area (Å²) in [6.07, 6.45) is 3.84. The number of carbonyl (C=O) groups is 2. The number of piperidine rings is 1. The first-order chi connectivity index (χ1) is 18.5. The zero-order valence-electron chi connectivity index (χ0n) is 21.6. The van der Waals surface area contributed by atoms with E-state index < -0.39 is 6.04 Å². The minimum absolute atomic E-state index is 0.122. The number of Topliss-reactive ketones (excluding diaryl/α,β-unsaturated/α-hetero) is 1. The number of halogens is 4. The number of likely N-dealkylation sites (tertiary alicyclic amines) is 1. The SMILES string of the molecule is CC(C)c1ccc(C[C@@H](N)C(=O)N2C/C(=C\c3ccc(Cl)c(Cl)c3)C(=O)/C(=C/c3ccc(Cl)c(Cl)c3)C2)cc1. The molecule has 1 heterocycles. The number of amides is 1. The molecule has 8 heteroatoms. The molecule has 1 atom stereocenters. The van der Waals surface area contributed by atoms with Crippen LogP contribution in [-0.4, -0.2) is 35.7 Å². The van der Waals surface area contributed by atoms with Crippen LogP contribution < -0.4 is 5.73 Å². The molecule has 39 heavy (non-hydrogen) atoms. The van der Waals surface area contributed by atoms with Crippen molar-refractivity contribution in [3.63, 3.8) is 0 Å². The van der Waals surface area contributed by atoms with E-state index in [1.165, 1.54) is 5.56 Å². The highest BCUT2D eigenvalue weighted by Crippen LogP contribution is 2.28. The van der Waals surface area contributed by atoms with Crippen molar-refractivity contribution in [2.24, 2.45) is 5.73 Å². The lowest BCUT2D eigenvalue weighted by Gasteiger charge is -2.32. The Hall–Kier alpha value is -2.60. The molecule has 0 unspecified atom stereocenters. The van der Waals surface area contributed by atoms with Gasteiger partial charge in [-0.1, -0.05) is 96.6 Å². The van der Waals surface area contributed by atoms with Gasteiger partial charge in [-0.25, -0.2) is 0 Å². The predicted octanol–water partition coefficient (Wildman–Crippen LogP) is 7.87. The fourth-order valence-electron chi connectivity index (χ4n) is 4.42. The Labute approximate surface area is 249 Å². The van der Waals surface area contributed by atoms with Crippen LogP contribution in [0.2, 0.25) is 20.1 Å². The quantitative estimate of drug-likeness (QED) is 0.292. The molecule has 0 bridgehead atoms. The third-order valence-corrected chi connectivity index (χ3v) is 8.08. The fraction of sp³-hybridized carbons (Fsp3) is 0.226. The Morgan fingerprint density at radius 3 is 1.74 bits per heavy atom. The van der Waals surface area contributed by atoms with Crippen LogP contribution in [0.5, 0.6) is 0 Å². The van der Waals surface area contributed by atoms with Gasteiger partial charge >= 0.3 is 0 Å². The van der Waals surface area contributed by atoms with E-state index in [2.05, 4.69) is 26.0 Å². The predicted molar refractivity (Wildman–Crippen MR) is 163 cm³/mol.